The van der Waals surface area contributed by atoms with Crippen LogP contribution >= 0.6 is 0 Å². The van der Waals surface area contributed by atoms with E-state index in [9.17, 15) is 13.2 Å². The first-order chi connectivity index (χ1) is 7.29. The van der Waals surface area contributed by atoms with Crippen molar-refractivity contribution >= 4 is 0 Å². The third-order valence-corrected chi connectivity index (χ3v) is 3.10. The first kappa shape index (κ1) is 13.8. The van der Waals surface area contributed by atoms with Crippen LogP contribution < -0.4 is 5.32 Å². The zero-order valence-corrected chi connectivity index (χ0v) is 10.1. The lowest BCUT2D eigenvalue weighted by atomic mass is 9.98. The van der Waals surface area contributed by atoms with Crippen molar-refractivity contribution in [1.82, 2.24) is 10.2 Å². The largest absolute Gasteiger partial charge is 0.390 e. The van der Waals surface area contributed by atoms with Crippen molar-refractivity contribution in [2.24, 2.45) is 5.92 Å². The molecule has 0 saturated carbocycles. The highest BCUT2D eigenvalue weighted by molar-refractivity contribution is 4.86. The van der Waals surface area contributed by atoms with Crippen molar-refractivity contribution in [3.63, 3.8) is 0 Å². The number of piperazine rings is 1. The zero-order valence-electron chi connectivity index (χ0n) is 10.1. The van der Waals surface area contributed by atoms with Gasteiger partial charge in [0.15, 0.2) is 0 Å². The van der Waals surface area contributed by atoms with Crippen LogP contribution in [0.5, 0.6) is 0 Å². The average Bonchev–Trinajstić information content (AvgIpc) is 2.13. The second kappa shape index (κ2) is 5.36. The lowest BCUT2D eigenvalue weighted by molar-refractivity contribution is -0.140. The molecule has 2 unspecified atom stereocenters. The minimum atomic E-state index is -4.05. The molecule has 96 valence electrons. The van der Waals surface area contributed by atoms with E-state index in [4.69, 9.17) is 0 Å². The molecule has 1 saturated heterocycles. The maximum atomic E-state index is 12.2. The summed E-state index contributed by atoms with van der Waals surface area (Å²) in [4.78, 5) is 1.97. The van der Waals surface area contributed by atoms with Gasteiger partial charge in [-0.25, -0.2) is 0 Å². The SMILES string of the molecule is CC1CN(CCC(F)(F)F)C(C(C)C)CN1. The molecule has 5 heteroatoms. The van der Waals surface area contributed by atoms with Crippen LogP contribution in [0.25, 0.3) is 0 Å². The first-order valence-corrected chi connectivity index (χ1v) is 5.84. The highest BCUT2D eigenvalue weighted by atomic mass is 19.4. The molecule has 1 fully saturated rings. The van der Waals surface area contributed by atoms with E-state index in [0.717, 1.165) is 6.54 Å². The van der Waals surface area contributed by atoms with E-state index >= 15 is 0 Å². The summed E-state index contributed by atoms with van der Waals surface area (Å²) in [5, 5.41) is 3.32. The number of alkyl halides is 3. The van der Waals surface area contributed by atoms with Crippen LogP contribution in [-0.2, 0) is 0 Å². The molecular formula is C11H21F3N2. The Morgan fingerprint density at radius 2 is 2.00 bits per heavy atom. The Hall–Kier alpha value is -0.290. The lowest BCUT2D eigenvalue weighted by Gasteiger charge is -2.41. The quantitative estimate of drug-likeness (QED) is 0.811. The number of nitrogens with zero attached hydrogens (tertiary/aromatic N) is 1. The van der Waals surface area contributed by atoms with Crippen LogP contribution in [0.3, 0.4) is 0 Å². The van der Waals surface area contributed by atoms with Crippen molar-refractivity contribution in [2.75, 3.05) is 19.6 Å². The number of nitrogens with one attached hydrogen (secondary N) is 1. The summed E-state index contributed by atoms with van der Waals surface area (Å²) in [7, 11) is 0. The molecule has 16 heavy (non-hydrogen) atoms. The summed E-state index contributed by atoms with van der Waals surface area (Å²) in [6.07, 6.45) is -4.75. The monoisotopic (exact) mass is 238 g/mol. The number of halogens is 3. The van der Waals surface area contributed by atoms with Gasteiger partial charge in [-0.2, -0.15) is 13.2 Å². The Bertz CT molecular complexity index is 216. The van der Waals surface area contributed by atoms with Crippen molar-refractivity contribution in [3.05, 3.63) is 0 Å². The van der Waals surface area contributed by atoms with E-state index in [0.29, 0.717) is 12.5 Å². The fourth-order valence-electron chi connectivity index (χ4n) is 2.19. The van der Waals surface area contributed by atoms with Gasteiger partial charge < -0.3 is 5.32 Å². The Kier molecular flexibility index (Phi) is 4.62. The minimum absolute atomic E-state index is 0.123. The van der Waals surface area contributed by atoms with Crippen LogP contribution in [-0.4, -0.2) is 42.8 Å². The molecule has 1 rings (SSSR count). The molecule has 0 aromatic carbocycles. The molecule has 0 amide bonds. The average molecular weight is 238 g/mol. The maximum absolute atomic E-state index is 12.2. The van der Waals surface area contributed by atoms with Gasteiger partial charge in [0, 0.05) is 31.7 Å². The summed E-state index contributed by atoms with van der Waals surface area (Å²) in [6.45, 7) is 7.75. The zero-order chi connectivity index (χ0) is 12.3. The Balaban J connectivity index is 2.51. The van der Waals surface area contributed by atoms with Gasteiger partial charge in [0.2, 0.25) is 0 Å². The van der Waals surface area contributed by atoms with Gasteiger partial charge >= 0.3 is 6.18 Å². The third kappa shape index (κ3) is 4.29. The highest BCUT2D eigenvalue weighted by Crippen LogP contribution is 2.22. The smallest absolute Gasteiger partial charge is 0.311 e. The summed E-state index contributed by atoms with van der Waals surface area (Å²) in [6, 6.07) is 0.502. The van der Waals surface area contributed by atoms with Gasteiger partial charge in [-0.3, -0.25) is 4.90 Å². The fourth-order valence-corrected chi connectivity index (χ4v) is 2.19. The molecule has 0 bridgehead atoms. The number of hydrogen-bond donors (Lipinski definition) is 1. The standard InChI is InChI=1S/C11H21F3N2/c1-8(2)10-6-15-9(3)7-16(10)5-4-11(12,13)14/h8-10,15H,4-7H2,1-3H3. The first-order valence-electron chi connectivity index (χ1n) is 5.84. The molecule has 2 nitrogen and oxygen atoms in total. The van der Waals surface area contributed by atoms with Crippen LogP contribution in [0.1, 0.15) is 27.2 Å². The predicted molar refractivity (Wildman–Crippen MR) is 58.3 cm³/mol. The van der Waals surface area contributed by atoms with E-state index in [-0.39, 0.29) is 18.6 Å². The fraction of sp³-hybridized carbons (Fsp3) is 1.00. The second-order valence-corrected chi connectivity index (χ2v) is 4.98. The van der Waals surface area contributed by atoms with Gasteiger partial charge in [-0.05, 0) is 12.8 Å². The van der Waals surface area contributed by atoms with Crippen molar-refractivity contribution in [1.29, 1.82) is 0 Å². The lowest BCUT2D eigenvalue weighted by Crippen LogP contribution is -2.57. The molecule has 0 aromatic heterocycles. The normalized spacial score (nSPS) is 28.7. The summed E-state index contributed by atoms with van der Waals surface area (Å²) in [5.41, 5.74) is 0. The third-order valence-electron chi connectivity index (χ3n) is 3.10. The summed E-state index contributed by atoms with van der Waals surface area (Å²) < 4.78 is 36.6. The van der Waals surface area contributed by atoms with Crippen LogP contribution in [0.15, 0.2) is 0 Å². The summed E-state index contributed by atoms with van der Waals surface area (Å²) in [5.74, 6) is 0.383. The van der Waals surface area contributed by atoms with Crippen molar-refractivity contribution in [2.45, 2.75) is 45.5 Å². The molecule has 2 atom stereocenters. The van der Waals surface area contributed by atoms with Gasteiger partial charge in [-0.1, -0.05) is 13.8 Å². The molecule has 1 N–H and O–H groups in total. The van der Waals surface area contributed by atoms with Crippen LogP contribution in [0.4, 0.5) is 13.2 Å². The molecule has 1 heterocycles. The van der Waals surface area contributed by atoms with E-state index < -0.39 is 12.6 Å². The van der Waals surface area contributed by atoms with Gasteiger partial charge in [0.1, 0.15) is 0 Å². The Labute approximate surface area is 95.2 Å². The number of rotatable bonds is 3. The van der Waals surface area contributed by atoms with Crippen molar-refractivity contribution in [3.8, 4) is 0 Å². The van der Waals surface area contributed by atoms with E-state index in [1.165, 1.54) is 0 Å². The van der Waals surface area contributed by atoms with E-state index in [1.807, 2.05) is 11.8 Å². The second-order valence-electron chi connectivity index (χ2n) is 4.98. The summed E-state index contributed by atoms with van der Waals surface area (Å²) >= 11 is 0. The molecular weight excluding hydrogens is 217 g/mol. The Morgan fingerprint density at radius 3 is 2.50 bits per heavy atom. The highest BCUT2D eigenvalue weighted by Gasteiger charge is 2.32. The minimum Gasteiger partial charge on any atom is -0.311 e. The molecule has 0 radical (unpaired) electrons. The van der Waals surface area contributed by atoms with Crippen LogP contribution in [0.2, 0.25) is 0 Å². The van der Waals surface area contributed by atoms with E-state index in [1.54, 1.807) is 0 Å². The molecule has 0 aromatic rings. The Morgan fingerprint density at radius 1 is 1.38 bits per heavy atom. The van der Waals surface area contributed by atoms with Gasteiger partial charge in [0.05, 0.1) is 6.42 Å². The predicted octanol–water partition coefficient (Wildman–Crippen LogP) is 2.26. The molecule has 0 spiro atoms. The maximum Gasteiger partial charge on any atom is 0.390 e. The van der Waals surface area contributed by atoms with Crippen molar-refractivity contribution < 1.29 is 13.2 Å². The molecule has 1 aliphatic heterocycles. The number of hydrogen-bond acceptors (Lipinski definition) is 2. The van der Waals surface area contributed by atoms with Crippen LogP contribution in [0, 0.1) is 5.92 Å². The van der Waals surface area contributed by atoms with E-state index in [2.05, 4.69) is 19.2 Å². The topological polar surface area (TPSA) is 15.3 Å². The molecule has 0 aliphatic carbocycles. The van der Waals surface area contributed by atoms with Gasteiger partial charge in [-0.15, -0.1) is 0 Å². The molecule has 1 aliphatic rings. The van der Waals surface area contributed by atoms with Gasteiger partial charge in [0.25, 0.3) is 0 Å².